The van der Waals surface area contributed by atoms with E-state index >= 15 is 0 Å². The third-order valence-electron chi connectivity index (χ3n) is 1.45. The van der Waals surface area contributed by atoms with E-state index < -0.39 is 0 Å². The van der Waals surface area contributed by atoms with E-state index in [0.29, 0.717) is 0 Å². The number of aromatic amines is 1. The van der Waals surface area contributed by atoms with Crippen molar-refractivity contribution in [1.29, 1.82) is 21.0 Å². The summed E-state index contributed by atoms with van der Waals surface area (Å²) in [6, 6.07) is 6.78. The molecule has 1 rings (SSSR count). The molecule has 0 bridgehead atoms. The van der Waals surface area contributed by atoms with Gasteiger partial charge in [-0.05, 0) is 0 Å². The van der Waals surface area contributed by atoms with Crippen LogP contribution in [0.1, 0.15) is 22.5 Å². The van der Waals surface area contributed by atoms with E-state index in [9.17, 15) is 0 Å². The molecule has 0 fully saturated rings. The van der Waals surface area contributed by atoms with E-state index in [-0.39, 0.29) is 22.5 Å². The van der Waals surface area contributed by atoms with Gasteiger partial charge in [-0.15, -0.1) is 0 Å². The number of aromatic nitrogens is 1. The van der Waals surface area contributed by atoms with Crippen LogP contribution < -0.4 is 0 Å². The van der Waals surface area contributed by atoms with E-state index in [1.54, 1.807) is 24.3 Å². The van der Waals surface area contributed by atoms with Crippen molar-refractivity contribution in [2.24, 2.45) is 0 Å². The highest BCUT2D eigenvalue weighted by molar-refractivity contribution is 5.59. The molecule has 1 aromatic rings. The van der Waals surface area contributed by atoms with E-state index in [2.05, 4.69) is 4.98 Å². The lowest BCUT2D eigenvalue weighted by atomic mass is 10.1. The zero-order chi connectivity index (χ0) is 9.84. The molecule has 58 valence electrons. The molecule has 1 heterocycles. The third kappa shape index (κ3) is 1.07. The lowest BCUT2D eigenvalue weighted by molar-refractivity contribution is 1.27. The van der Waals surface area contributed by atoms with Crippen molar-refractivity contribution >= 4 is 0 Å². The number of nitrogens with zero attached hydrogens (tertiary/aromatic N) is 4. The van der Waals surface area contributed by atoms with Gasteiger partial charge in [-0.1, -0.05) is 0 Å². The van der Waals surface area contributed by atoms with Crippen LogP contribution in [0.4, 0.5) is 0 Å². The number of nitrogens with one attached hydrogen (secondary N) is 1. The lowest BCUT2D eigenvalue weighted by Gasteiger charge is -1.79. The molecule has 0 saturated carbocycles. The molecule has 0 aliphatic heterocycles. The summed E-state index contributed by atoms with van der Waals surface area (Å²) >= 11 is 0. The van der Waals surface area contributed by atoms with Gasteiger partial charge in [0.15, 0.2) is 0 Å². The molecule has 0 spiro atoms. The van der Waals surface area contributed by atoms with Gasteiger partial charge in [-0.3, -0.25) is 0 Å². The number of hydrogen-bond donors (Lipinski definition) is 1. The Kier molecular flexibility index (Phi) is 1.98. The fourth-order valence-electron chi connectivity index (χ4n) is 0.891. The Morgan fingerprint density at radius 3 is 1.31 bits per heavy atom. The van der Waals surface area contributed by atoms with Gasteiger partial charge in [0, 0.05) is 0 Å². The second kappa shape index (κ2) is 3.09. The zero-order valence-corrected chi connectivity index (χ0v) is 6.29. The average Bonchev–Trinajstić information content (AvgIpc) is 2.54. The van der Waals surface area contributed by atoms with Crippen LogP contribution in [0.2, 0.25) is 0 Å². The van der Waals surface area contributed by atoms with Crippen molar-refractivity contribution in [2.45, 2.75) is 0 Å². The molecular weight excluding hydrogens is 166 g/mol. The fourth-order valence-corrected chi connectivity index (χ4v) is 0.891. The normalized spacial score (nSPS) is 7.69. The zero-order valence-electron chi connectivity index (χ0n) is 6.29. The molecule has 0 unspecified atom stereocenters. The van der Waals surface area contributed by atoms with Crippen LogP contribution in [0.25, 0.3) is 0 Å². The van der Waals surface area contributed by atoms with Crippen LogP contribution in [0.5, 0.6) is 0 Å². The Morgan fingerprint density at radius 1 is 0.692 bits per heavy atom. The van der Waals surface area contributed by atoms with Crippen LogP contribution in [0, 0.1) is 45.3 Å². The maximum Gasteiger partial charge on any atom is 0.138 e. The average molecular weight is 167 g/mol. The standard InChI is InChI=1S/C8HN5/c9-1-5-6(2-10)8(4-12)13-7(5)3-11/h13H. The maximum atomic E-state index is 8.59. The minimum absolute atomic E-state index is 0.0457. The van der Waals surface area contributed by atoms with Crippen LogP contribution in [-0.2, 0) is 0 Å². The molecular formula is C8HN5. The Balaban J connectivity index is 3.63. The lowest BCUT2D eigenvalue weighted by Crippen LogP contribution is -1.80. The highest BCUT2D eigenvalue weighted by Gasteiger charge is 2.16. The fraction of sp³-hybridized carbons (Fsp3) is 0. The van der Waals surface area contributed by atoms with Gasteiger partial charge < -0.3 is 4.98 Å². The van der Waals surface area contributed by atoms with Crippen molar-refractivity contribution < 1.29 is 0 Å². The molecule has 0 amide bonds. The van der Waals surface area contributed by atoms with Crippen LogP contribution in [-0.4, -0.2) is 4.98 Å². The quantitative estimate of drug-likeness (QED) is 0.606. The summed E-state index contributed by atoms with van der Waals surface area (Å²) in [5.41, 5.74) is -0.227. The topological polar surface area (TPSA) is 111 Å². The van der Waals surface area contributed by atoms with Gasteiger partial charge in [0.25, 0.3) is 0 Å². The summed E-state index contributed by atoms with van der Waals surface area (Å²) in [7, 11) is 0. The van der Waals surface area contributed by atoms with Crippen LogP contribution in [0.15, 0.2) is 0 Å². The first-order valence-electron chi connectivity index (χ1n) is 3.14. The molecule has 5 nitrogen and oxygen atoms in total. The Bertz CT molecular complexity index is 462. The van der Waals surface area contributed by atoms with Crippen molar-refractivity contribution in [3.63, 3.8) is 0 Å². The molecule has 1 aromatic heterocycles. The SMILES string of the molecule is N#Cc1[nH]c(C#N)c(C#N)c1C#N. The van der Waals surface area contributed by atoms with Crippen molar-refractivity contribution in [3.8, 4) is 24.3 Å². The van der Waals surface area contributed by atoms with Crippen molar-refractivity contribution in [2.75, 3.05) is 0 Å². The Morgan fingerprint density at radius 2 is 1.08 bits per heavy atom. The van der Waals surface area contributed by atoms with Crippen LogP contribution in [0.3, 0.4) is 0 Å². The third-order valence-corrected chi connectivity index (χ3v) is 1.45. The molecule has 13 heavy (non-hydrogen) atoms. The van der Waals surface area contributed by atoms with Crippen LogP contribution >= 0.6 is 0 Å². The van der Waals surface area contributed by atoms with Gasteiger partial charge in [0.05, 0.1) is 0 Å². The largest absolute Gasteiger partial charge is 0.336 e. The molecule has 0 atom stereocenters. The molecule has 0 radical (unpaired) electrons. The number of nitriles is 4. The summed E-state index contributed by atoms with van der Waals surface area (Å²) < 4.78 is 0. The van der Waals surface area contributed by atoms with E-state index in [1.807, 2.05) is 0 Å². The second-order valence-corrected chi connectivity index (χ2v) is 2.07. The second-order valence-electron chi connectivity index (χ2n) is 2.07. The minimum atomic E-state index is -0.0680. The summed E-state index contributed by atoms with van der Waals surface area (Å²) in [6.45, 7) is 0. The summed E-state index contributed by atoms with van der Waals surface area (Å²) in [4.78, 5) is 2.38. The summed E-state index contributed by atoms with van der Waals surface area (Å²) in [6.07, 6.45) is 0. The molecule has 0 saturated heterocycles. The number of H-pyrrole nitrogens is 1. The van der Waals surface area contributed by atoms with Gasteiger partial charge >= 0.3 is 0 Å². The van der Waals surface area contributed by atoms with Gasteiger partial charge in [-0.2, -0.15) is 21.0 Å². The predicted molar refractivity (Wildman–Crippen MR) is 39.7 cm³/mol. The van der Waals surface area contributed by atoms with Crippen molar-refractivity contribution in [3.05, 3.63) is 22.5 Å². The summed E-state index contributed by atoms with van der Waals surface area (Å²) in [5.74, 6) is 0. The Hall–Kier alpha value is -2.76. The predicted octanol–water partition coefficient (Wildman–Crippen LogP) is 0.501. The first kappa shape index (κ1) is 8.34. The van der Waals surface area contributed by atoms with Gasteiger partial charge in [0.1, 0.15) is 46.8 Å². The highest BCUT2D eigenvalue weighted by Crippen LogP contribution is 2.15. The first-order valence-corrected chi connectivity index (χ1v) is 3.14. The van der Waals surface area contributed by atoms with Gasteiger partial charge in [0.2, 0.25) is 0 Å². The van der Waals surface area contributed by atoms with Gasteiger partial charge in [-0.25, -0.2) is 0 Å². The Labute approximate surface area is 73.7 Å². The molecule has 1 N–H and O–H groups in total. The number of rotatable bonds is 0. The highest BCUT2D eigenvalue weighted by atomic mass is 14.7. The van der Waals surface area contributed by atoms with E-state index in [1.165, 1.54) is 0 Å². The molecule has 0 aliphatic carbocycles. The maximum absolute atomic E-state index is 8.59. The molecule has 5 heteroatoms. The number of hydrogen-bond acceptors (Lipinski definition) is 4. The molecule has 0 aliphatic rings. The van der Waals surface area contributed by atoms with E-state index in [4.69, 9.17) is 21.0 Å². The first-order chi connectivity index (χ1) is 6.28. The monoisotopic (exact) mass is 167 g/mol. The summed E-state index contributed by atoms with van der Waals surface area (Å²) in [5, 5.41) is 34.2. The van der Waals surface area contributed by atoms with Crippen molar-refractivity contribution in [1.82, 2.24) is 4.98 Å². The minimum Gasteiger partial charge on any atom is -0.336 e. The van der Waals surface area contributed by atoms with E-state index in [0.717, 1.165) is 0 Å². The smallest absolute Gasteiger partial charge is 0.138 e. The molecule has 0 aromatic carbocycles.